The quantitative estimate of drug-likeness (QED) is 0.693. The number of benzene rings is 2. The summed E-state index contributed by atoms with van der Waals surface area (Å²) in [7, 11) is -3.68. The highest BCUT2D eigenvalue weighted by Gasteiger charge is 2.30. The summed E-state index contributed by atoms with van der Waals surface area (Å²) >= 11 is 11.9. The molecule has 0 bridgehead atoms. The van der Waals surface area contributed by atoms with Crippen molar-refractivity contribution in [2.45, 2.75) is 4.90 Å². The molecular formula is C19H17Cl2N3O4S. The summed E-state index contributed by atoms with van der Waals surface area (Å²) in [6, 6.07) is 12.4. The molecule has 1 aliphatic heterocycles. The van der Waals surface area contributed by atoms with Gasteiger partial charge in [-0.25, -0.2) is 8.42 Å². The van der Waals surface area contributed by atoms with Crippen LogP contribution in [0.1, 0.15) is 5.56 Å². The number of ether oxygens (including phenoxy) is 1. The second kappa shape index (κ2) is 9.01. The SMILES string of the molecule is N#Cc1ccc(S(=O)(=O)N2CCN(C(=O)COc3cc(Cl)ccc3Cl)CC2)cc1. The maximum absolute atomic E-state index is 12.7. The number of amides is 1. The minimum Gasteiger partial charge on any atom is -0.482 e. The van der Waals surface area contributed by atoms with Crippen LogP contribution < -0.4 is 4.74 Å². The van der Waals surface area contributed by atoms with Gasteiger partial charge in [0.05, 0.1) is 21.6 Å². The smallest absolute Gasteiger partial charge is 0.260 e. The van der Waals surface area contributed by atoms with Crippen molar-refractivity contribution in [3.63, 3.8) is 0 Å². The predicted octanol–water partition coefficient (Wildman–Crippen LogP) is 2.78. The van der Waals surface area contributed by atoms with Crippen molar-refractivity contribution in [1.29, 1.82) is 5.26 Å². The molecule has 2 aromatic carbocycles. The zero-order valence-electron chi connectivity index (χ0n) is 15.2. The van der Waals surface area contributed by atoms with E-state index < -0.39 is 10.0 Å². The van der Waals surface area contributed by atoms with E-state index in [1.54, 1.807) is 17.0 Å². The lowest BCUT2D eigenvalue weighted by Crippen LogP contribution is -2.51. The number of nitriles is 1. The Labute approximate surface area is 179 Å². The van der Waals surface area contributed by atoms with Crippen molar-refractivity contribution in [1.82, 2.24) is 9.21 Å². The summed E-state index contributed by atoms with van der Waals surface area (Å²) in [5.74, 6) is 0.0472. The molecule has 0 atom stereocenters. The molecule has 152 valence electrons. The van der Waals surface area contributed by atoms with Crippen molar-refractivity contribution in [2.24, 2.45) is 0 Å². The third-order valence-corrected chi connectivity index (χ3v) is 6.92. The summed E-state index contributed by atoms with van der Waals surface area (Å²) in [6.07, 6.45) is 0. The van der Waals surface area contributed by atoms with Crippen molar-refractivity contribution < 1.29 is 17.9 Å². The molecule has 0 saturated carbocycles. The van der Waals surface area contributed by atoms with E-state index in [-0.39, 0.29) is 43.6 Å². The standard InChI is InChI=1S/C19H17Cl2N3O4S/c20-15-3-6-17(21)18(11-15)28-13-19(25)23-7-9-24(10-8-23)29(26,27)16-4-1-14(12-22)2-5-16/h1-6,11H,7-10,13H2. The van der Waals surface area contributed by atoms with E-state index in [9.17, 15) is 13.2 Å². The summed E-state index contributed by atoms with van der Waals surface area (Å²) in [6.45, 7) is 0.627. The van der Waals surface area contributed by atoms with Crippen LogP contribution in [0.3, 0.4) is 0 Å². The fraction of sp³-hybridized carbons (Fsp3) is 0.263. The second-order valence-corrected chi connectivity index (χ2v) is 9.07. The summed E-state index contributed by atoms with van der Waals surface area (Å²) < 4.78 is 32.2. The molecule has 10 heteroatoms. The average Bonchev–Trinajstić information content (AvgIpc) is 2.74. The van der Waals surface area contributed by atoms with Crippen LogP contribution in [-0.2, 0) is 14.8 Å². The van der Waals surface area contributed by atoms with Crippen LogP contribution in [0.4, 0.5) is 0 Å². The molecule has 0 aliphatic carbocycles. The molecule has 0 unspecified atom stereocenters. The Balaban J connectivity index is 1.57. The molecule has 0 aromatic heterocycles. The molecule has 1 heterocycles. The molecule has 29 heavy (non-hydrogen) atoms. The van der Waals surface area contributed by atoms with Gasteiger partial charge in [-0.1, -0.05) is 23.2 Å². The van der Waals surface area contributed by atoms with Crippen molar-refractivity contribution in [3.8, 4) is 11.8 Å². The lowest BCUT2D eigenvalue weighted by atomic mass is 10.2. The van der Waals surface area contributed by atoms with Crippen molar-refractivity contribution in [3.05, 3.63) is 58.1 Å². The van der Waals surface area contributed by atoms with E-state index >= 15 is 0 Å². The number of sulfonamides is 1. The number of halogens is 2. The Morgan fingerprint density at radius 2 is 1.72 bits per heavy atom. The first-order chi connectivity index (χ1) is 13.8. The first-order valence-electron chi connectivity index (χ1n) is 8.67. The van der Waals surface area contributed by atoms with Crippen molar-refractivity contribution >= 4 is 39.1 Å². The Morgan fingerprint density at radius 1 is 1.07 bits per heavy atom. The number of piperazine rings is 1. The fourth-order valence-electron chi connectivity index (χ4n) is 2.85. The average molecular weight is 454 g/mol. The highest BCUT2D eigenvalue weighted by molar-refractivity contribution is 7.89. The van der Waals surface area contributed by atoms with Crippen LogP contribution in [0.15, 0.2) is 47.4 Å². The van der Waals surface area contributed by atoms with Gasteiger partial charge in [-0.2, -0.15) is 9.57 Å². The minimum absolute atomic E-state index is 0.121. The summed E-state index contributed by atoms with van der Waals surface area (Å²) in [5, 5.41) is 9.63. The van der Waals surface area contributed by atoms with E-state index in [1.165, 1.54) is 34.6 Å². The Bertz CT molecular complexity index is 1040. The normalized spacial score (nSPS) is 15.0. The third-order valence-electron chi connectivity index (χ3n) is 4.46. The second-order valence-electron chi connectivity index (χ2n) is 6.28. The Morgan fingerprint density at radius 3 is 2.34 bits per heavy atom. The fourth-order valence-corrected chi connectivity index (χ4v) is 4.60. The maximum atomic E-state index is 12.7. The summed E-state index contributed by atoms with van der Waals surface area (Å²) in [5.41, 5.74) is 0.388. The lowest BCUT2D eigenvalue weighted by molar-refractivity contribution is -0.134. The van der Waals surface area contributed by atoms with E-state index in [4.69, 9.17) is 33.2 Å². The number of rotatable bonds is 5. The monoisotopic (exact) mass is 453 g/mol. The van der Waals surface area contributed by atoms with Gasteiger partial charge in [-0.15, -0.1) is 0 Å². The minimum atomic E-state index is -3.68. The van der Waals surface area contributed by atoms with Gasteiger partial charge >= 0.3 is 0 Å². The molecule has 1 fully saturated rings. The summed E-state index contributed by atoms with van der Waals surface area (Å²) in [4.78, 5) is 14.1. The lowest BCUT2D eigenvalue weighted by Gasteiger charge is -2.34. The maximum Gasteiger partial charge on any atom is 0.260 e. The number of carbonyl (C=O) groups excluding carboxylic acids is 1. The van der Waals surface area contributed by atoms with E-state index in [0.717, 1.165) is 0 Å². The van der Waals surface area contributed by atoms with Gasteiger partial charge in [0.2, 0.25) is 10.0 Å². The molecular weight excluding hydrogens is 437 g/mol. The largest absolute Gasteiger partial charge is 0.482 e. The molecule has 3 rings (SSSR count). The van der Waals surface area contributed by atoms with Gasteiger partial charge in [0.15, 0.2) is 6.61 Å². The van der Waals surface area contributed by atoms with Crippen LogP contribution in [-0.4, -0.2) is 56.3 Å². The van der Waals surface area contributed by atoms with E-state index in [2.05, 4.69) is 0 Å². The molecule has 1 amide bonds. The molecule has 2 aromatic rings. The first-order valence-corrected chi connectivity index (χ1v) is 10.9. The molecule has 7 nitrogen and oxygen atoms in total. The molecule has 1 aliphatic rings. The van der Waals surface area contributed by atoms with E-state index in [0.29, 0.717) is 21.4 Å². The molecule has 0 N–H and O–H groups in total. The van der Waals surface area contributed by atoms with Gasteiger partial charge in [0, 0.05) is 37.3 Å². The van der Waals surface area contributed by atoms with Crippen LogP contribution >= 0.6 is 23.2 Å². The number of carbonyl (C=O) groups is 1. The Kier molecular flexibility index (Phi) is 6.65. The van der Waals surface area contributed by atoms with Crippen LogP contribution in [0.2, 0.25) is 10.0 Å². The topological polar surface area (TPSA) is 90.7 Å². The van der Waals surface area contributed by atoms with Gasteiger partial charge in [-0.05, 0) is 36.4 Å². The van der Waals surface area contributed by atoms with Crippen LogP contribution in [0.5, 0.6) is 5.75 Å². The Hall–Kier alpha value is -2.31. The molecule has 0 radical (unpaired) electrons. The number of hydrogen-bond acceptors (Lipinski definition) is 5. The third kappa shape index (κ3) is 5.00. The number of hydrogen-bond donors (Lipinski definition) is 0. The predicted molar refractivity (Wildman–Crippen MR) is 108 cm³/mol. The van der Waals surface area contributed by atoms with Crippen molar-refractivity contribution in [2.75, 3.05) is 32.8 Å². The number of nitrogens with zero attached hydrogens (tertiary/aromatic N) is 3. The highest BCUT2D eigenvalue weighted by atomic mass is 35.5. The molecule has 1 saturated heterocycles. The highest BCUT2D eigenvalue weighted by Crippen LogP contribution is 2.27. The van der Waals surface area contributed by atoms with Gasteiger partial charge in [0.25, 0.3) is 5.91 Å². The van der Waals surface area contributed by atoms with Gasteiger partial charge < -0.3 is 9.64 Å². The van der Waals surface area contributed by atoms with Crippen LogP contribution in [0, 0.1) is 11.3 Å². The zero-order valence-corrected chi connectivity index (χ0v) is 17.5. The van der Waals surface area contributed by atoms with E-state index in [1.807, 2.05) is 6.07 Å². The molecule has 0 spiro atoms. The first kappa shape index (κ1) is 21.4. The van der Waals surface area contributed by atoms with Gasteiger partial charge in [0.1, 0.15) is 5.75 Å². The zero-order chi connectivity index (χ0) is 21.0. The van der Waals surface area contributed by atoms with Gasteiger partial charge in [-0.3, -0.25) is 4.79 Å². The van der Waals surface area contributed by atoms with Crippen LogP contribution in [0.25, 0.3) is 0 Å².